The van der Waals surface area contributed by atoms with Gasteiger partial charge in [0.15, 0.2) is 0 Å². The van der Waals surface area contributed by atoms with Crippen molar-refractivity contribution in [1.29, 1.82) is 0 Å². The Bertz CT molecular complexity index is 741. The highest BCUT2D eigenvalue weighted by Crippen LogP contribution is 2.28. The minimum absolute atomic E-state index is 0.105. The standard InChI is InChI=1S/C19H22N2O3S/c1-14-13-16(21(22)23)5-8-19(14)24-17-9-11-20(12-10-17)15-3-6-18(25-2)7-4-15/h3-8,13,17H,9-12H2,1-2H3. The third-order valence-corrected chi connectivity index (χ3v) is 5.29. The molecule has 1 aliphatic heterocycles. The fraction of sp³-hybridized carbons (Fsp3) is 0.368. The molecule has 5 nitrogen and oxygen atoms in total. The van der Waals surface area contributed by atoms with Crippen LogP contribution in [0.5, 0.6) is 5.75 Å². The summed E-state index contributed by atoms with van der Waals surface area (Å²) in [7, 11) is 0. The van der Waals surface area contributed by atoms with E-state index in [1.165, 1.54) is 16.6 Å². The predicted octanol–water partition coefficient (Wildman–Crippen LogP) is 4.67. The number of thioether (sulfide) groups is 1. The molecule has 132 valence electrons. The Hall–Kier alpha value is -2.21. The Morgan fingerprint density at radius 3 is 2.40 bits per heavy atom. The molecular weight excluding hydrogens is 336 g/mol. The summed E-state index contributed by atoms with van der Waals surface area (Å²) in [6.45, 7) is 3.76. The van der Waals surface area contributed by atoms with Gasteiger partial charge in [-0.3, -0.25) is 10.1 Å². The number of anilines is 1. The van der Waals surface area contributed by atoms with E-state index in [4.69, 9.17) is 4.74 Å². The molecule has 0 saturated carbocycles. The first-order valence-corrected chi connectivity index (χ1v) is 9.60. The van der Waals surface area contributed by atoms with Crippen LogP contribution in [0.1, 0.15) is 18.4 Å². The highest BCUT2D eigenvalue weighted by Gasteiger charge is 2.21. The molecule has 0 N–H and O–H groups in total. The van der Waals surface area contributed by atoms with Crippen LogP contribution in [0.2, 0.25) is 0 Å². The maximum atomic E-state index is 10.8. The van der Waals surface area contributed by atoms with Gasteiger partial charge in [0, 0.05) is 48.6 Å². The molecule has 0 radical (unpaired) electrons. The van der Waals surface area contributed by atoms with Crippen LogP contribution in [-0.4, -0.2) is 30.4 Å². The fourth-order valence-electron chi connectivity index (χ4n) is 3.08. The highest BCUT2D eigenvalue weighted by molar-refractivity contribution is 7.98. The smallest absolute Gasteiger partial charge is 0.269 e. The minimum Gasteiger partial charge on any atom is -0.490 e. The third kappa shape index (κ3) is 4.25. The Kier molecular flexibility index (Phi) is 5.48. The Morgan fingerprint density at radius 1 is 1.16 bits per heavy atom. The van der Waals surface area contributed by atoms with Crippen LogP contribution in [0.25, 0.3) is 0 Å². The second-order valence-corrected chi connectivity index (χ2v) is 7.09. The summed E-state index contributed by atoms with van der Waals surface area (Å²) >= 11 is 1.75. The van der Waals surface area contributed by atoms with Gasteiger partial charge in [-0.05, 0) is 49.1 Å². The lowest BCUT2D eigenvalue weighted by molar-refractivity contribution is -0.384. The molecule has 0 amide bonds. The Labute approximate surface area is 152 Å². The number of nitrogens with zero attached hydrogens (tertiary/aromatic N) is 2. The highest BCUT2D eigenvalue weighted by atomic mass is 32.2. The quantitative estimate of drug-likeness (QED) is 0.441. The van der Waals surface area contributed by atoms with Crippen molar-refractivity contribution in [3.05, 3.63) is 58.1 Å². The zero-order chi connectivity index (χ0) is 17.8. The van der Waals surface area contributed by atoms with Crippen LogP contribution in [0.3, 0.4) is 0 Å². The van der Waals surface area contributed by atoms with Crippen LogP contribution in [0.15, 0.2) is 47.4 Å². The lowest BCUT2D eigenvalue weighted by atomic mass is 10.1. The van der Waals surface area contributed by atoms with Gasteiger partial charge >= 0.3 is 0 Å². The summed E-state index contributed by atoms with van der Waals surface area (Å²) in [6, 6.07) is 13.4. The number of benzene rings is 2. The number of piperidine rings is 1. The van der Waals surface area contributed by atoms with Crippen LogP contribution in [0, 0.1) is 17.0 Å². The van der Waals surface area contributed by atoms with Crippen LogP contribution in [-0.2, 0) is 0 Å². The summed E-state index contributed by atoms with van der Waals surface area (Å²) in [6.07, 6.45) is 4.13. The van der Waals surface area contributed by atoms with Crippen molar-refractivity contribution in [2.24, 2.45) is 0 Å². The Morgan fingerprint density at radius 2 is 1.84 bits per heavy atom. The van der Waals surface area contributed by atoms with Crippen LogP contribution in [0.4, 0.5) is 11.4 Å². The van der Waals surface area contributed by atoms with E-state index in [1.807, 2.05) is 6.92 Å². The molecule has 1 heterocycles. The fourth-order valence-corrected chi connectivity index (χ4v) is 3.49. The van der Waals surface area contributed by atoms with E-state index in [0.717, 1.165) is 37.2 Å². The molecule has 0 spiro atoms. The molecule has 1 aliphatic rings. The number of nitro benzene ring substituents is 1. The number of nitro groups is 1. The molecule has 3 rings (SSSR count). The van der Waals surface area contributed by atoms with Crippen molar-refractivity contribution in [2.45, 2.75) is 30.8 Å². The molecule has 1 fully saturated rings. The number of hydrogen-bond donors (Lipinski definition) is 0. The summed E-state index contributed by atoms with van der Waals surface area (Å²) in [4.78, 5) is 14.1. The number of non-ortho nitro benzene ring substituents is 1. The second kappa shape index (κ2) is 7.78. The molecule has 2 aromatic rings. The van der Waals surface area contributed by atoms with Gasteiger partial charge in [0.1, 0.15) is 11.9 Å². The number of hydrogen-bond acceptors (Lipinski definition) is 5. The van der Waals surface area contributed by atoms with Gasteiger partial charge in [-0.2, -0.15) is 0 Å². The summed E-state index contributed by atoms with van der Waals surface area (Å²) in [5.41, 5.74) is 2.17. The van der Waals surface area contributed by atoms with Crippen molar-refractivity contribution >= 4 is 23.1 Å². The van der Waals surface area contributed by atoms with Gasteiger partial charge in [-0.1, -0.05) is 0 Å². The van der Waals surface area contributed by atoms with E-state index in [1.54, 1.807) is 23.9 Å². The lowest BCUT2D eigenvalue weighted by Gasteiger charge is -2.34. The van der Waals surface area contributed by atoms with Crippen molar-refractivity contribution in [2.75, 3.05) is 24.2 Å². The molecule has 0 aromatic heterocycles. The zero-order valence-corrected chi connectivity index (χ0v) is 15.3. The summed E-state index contributed by atoms with van der Waals surface area (Å²) in [5, 5.41) is 10.8. The van der Waals surface area contributed by atoms with Crippen LogP contribution < -0.4 is 9.64 Å². The van der Waals surface area contributed by atoms with E-state index in [-0.39, 0.29) is 16.7 Å². The normalized spacial score (nSPS) is 15.2. The lowest BCUT2D eigenvalue weighted by Crippen LogP contribution is -2.38. The minimum atomic E-state index is -0.377. The maximum absolute atomic E-state index is 10.8. The average molecular weight is 358 g/mol. The van der Waals surface area contributed by atoms with E-state index >= 15 is 0 Å². The van der Waals surface area contributed by atoms with E-state index in [0.29, 0.717) is 0 Å². The molecular formula is C19H22N2O3S. The third-order valence-electron chi connectivity index (χ3n) is 4.54. The summed E-state index contributed by atoms with van der Waals surface area (Å²) in [5.74, 6) is 0.744. The predicted molar refractivity (Wildman–Crippen MR) is 102 cm³/mol. The molecule has 6 heteroatoms. The molecule has 0 unspecified atom stereocenters. The average Bonchev–Trinajstić information content (AvgIpc) is 2.64. The first-order valence-electron chi connectivity index (χ1n) is 8.37. The van der Waals surface area contributed by atoms with Gasteiger partial charge in [-0.15, -0.1) is 11.8 Å². The van der Waals surface area contributed by atoms with Crippen molar-refractivity contribution < 1.29 is 9.66 Å². The van der Waals surface area contributed by atoms with E-state index in [2.05, 4.69) is 35.4 Å². The zero-order valence-electron chi connectivity index (χ0n) is 14.5. The van der Waals surface area contributed by atoms with Gasteiger partial charge in [0.2, 0.25) is 0 Å². The number of rotatable bonds is 5. The molecule has 1 saturated heterocycles. The van der Waals surface area contributed by atoms with E-state index < -0.39 is 0 Å². The first-order chi connectivity index (χ1) is 12.1. The molecule has 2 aromatic carbocycles. The van der Waals surface area contributed by atoms with Gasteiger partial charge in [-0.25, -0.2) is 0 Å². The first kappa shape index (κ1) is 17.6. The van der Waals surface area contributed by atoms with Crippen molar-refractivity contribution in [3.8, 4) is 5.75 Å². The maximum Gasteiger partial charge on any atom is 0.269 e. The van der Waals surface area contributed by atoms with Gasteiger partial charge in [0.05, 0.1) is 4.92 Å². The Balaban J connectivity index is 1.58. The van der Waals surface area contributed by atoms with Gasteiger partial charge < -0.3 is 9.64 Å². The molecule has 0 bridgehead atoms. The topological polar surface area (TPSA) is 55.6 Å². The monoisotopic (exact) mass is 358 g/mol. The molecule has 25 heavy (non-hydrogen) atoms. The second-order valence-electron chi connectivity index (χ2n) is 6.21. The van der Waals surface area contributed by atoms with Gasteiger partial charge in [0.25, 0.3) is 5.69 Å². The van der Waals surface area contributed by atoms with E-state index in [9.17, 15) is 10.1 Å². The number of aryl methyl sites for hydroxylation is 1. The van der Waals surface area contributed by atoms with Crippen LogP contribution >= 0.6 is 11.8 Å². The SMILES string of the molecule is CSc1ccc(N2CCC(Oc3ccc([N+](=O)[O-])cc3C)CC2)cc1. The van der Waals surface area contributed by atoms with Crippen molar-refractivity contribution in [3.63, 3.8) is 0 Å². The molecule has 0 aliphatic carbocycles. The summed E-state index contributed by atoms with van der Waals surface area (Å²) < 4.78 is 6.09. The van der Waals surface area contributed by atoms with Crippen molar-refractivity contribution in [1.82, 2.24) is 0 Å². The molecule has 0 atom stereocenters. The largest absolute Gasteiger partial charge is 0.490 e. The number of ether oxygens (including phenoxy) is 1.